The fourth-order valence-electron chi connectivity index (χ4n) is 5.22. The van der Waals surface area contributed by atoms with Crippen molar-refractivity contribution in [1.29, 1.82) is 0 Å². The minimum Gasteiger partial charge on any atom is -0.457 e. The maximum atomic E-state index is 11.6. The number of aryl methyl sites for hydroxylation is 1. The summed E-state index contributed by atoms with van der Waals surface area (Å²) >= 11 is 0. The quantitative estimate of drug-likeness (QED) is 0.191. The summed E-state index contributed by atoms with van der Waals surface area (Å²) in [7, 11) is 1.92. The number of aromatic nitrogens is 8. The molecule has 4 aromatic rings. The molecule has 1 saturated carbocycles. The molecule has 1 aliphatic heterocycles. The number of nitrogens with zero attached hydrogens (tertiary/aromatic N) is 8. The van der Waals surface area contributed by atoms with Crippen molar-refractivity contribution in [2.75, 3.05) is 17.2 Å². The van der Waals surface area contributed by atoms with Crippen molar-refractivity contribution in [3.8, 4) is 0 Å². The first-order valence-corrected chi connectivity index (χ1v) is 14.4. The van der Waals surface area contributed by atoms with E-state index in [-0.39, 0.29) is 30.8 Å². The summed E-state index contributed by atoms with van der Waals surface area (Å²) in [6, 6.07) is 0.159. The molecule has 0 radical (unpaired) electrons. The van der Waals surface area contributed by atoms with E-state index in [2.05, 4.69) is 44.6 Å². The lowest BCUT2D eigenvalue weighted by Crippen LogP contribution is -2.34. The summed E-state index contributed by atoms with van der Waals surface area (Å²) in [5.74, 6) is 1.85. The molecule has 0 spiro atoms. The number of hydrogen-bond donors (Lipinski definition) is 2. The maximum Gasteiger partial charge on any atom is 0.293 e. The lowest BCUT2D eigenvalue weighted by atomic mass is 10.1. The second-order valence-corrected chi connectivity index (χ2v) is 10.7. The Morgan fingerprint density at radius 3 is 2.56 bits per heavy atom. The van der Waals surface area contributed by atoms with E-state index in [1.54, 1.807) is 10.9 Å². The largest absolute Gasteiger partial charge is 0.457 e. The minimum absolute atomic E-state index is 0.128. The van der Waals surface area contributed by atoms with Gasteiger partial charge in [-0.15, -0.1) is 0 Å². The number of hydrogen-bond acceptors (Lipinski definition) is 14. The second-order valence-electron chi connectivity index (χ2n) is 10.7. The van der Waals surface area contributed by atoms with Crippen LogP contribution in [0.4, 0.5) is 11.8 Å². The highest BCUT2D eigenvalue weighted by Gasteiger charge is 2.53. The van der Waals surface area contributed by atoms with E-state index in [1.165, 1.54) is 6.33 Å². The van der Waals surface area contributed by atoms with Gasteiger partial charge in [0, 0.05) is 38.2 Å². The van der Waals surface area contributed by atoms with E-state index in [0.717, 1.165) is 31.4 Å². The van der Waals surface area contributed by atoms with Crippen molar-refractivity contribution in [2.24, 2.45) is 7.05 Å². The average molecular weight is 595 g/mol. The van der Waals surface area contributed by atoms with Gasteiger partial charge in [0.05, 0.1) is 18.3 Å². The third-order valence-corrected chi connectivity index (χ3v) is 7.70. The third kappa shape index (κ3) is 5.86. The molecule has 5 heterocycles. The van der Waals surface area contributed by atoms with Crippen LogP contribution in [0.15, 0.2) is 23.4 Å². The summed E-state index contributed by atoms with van der Waals surface area (Å²) in [5, 5.41) is 10.8. The molecule has 1 aliphatic carbocycles. The Morgan fingerprint density at radius 2 is 1.86 bits per heavy atom. The first-order valence-electron chi connectivity index (χ1n) is 14.4. The molecule has 1 saturated heterocycles. The Balaban J connectivity index is 1.35. The van der Waals surface area contributed by atoms with Crippen LogP contribution in [0.5, 0.6) is 0 Å². The number of carbonyl (C=O) groups is 2. The maximum absolute atomic E-state index is 11.6. The number of anilines is 2. The number of ether oxygens (including phenoxy) is 3. The molecule has 2 N–H and O–H groups in total. The standard InChI is InChI=1S/C27H34N10O6/c1-4-16(5-2)31-23-18-24(34-27(33-23)28-9-8-17-10-36(3)11-29-17)37(12-30-18)26-21(41-14-39)19(40-13-38)20(42-26)25-32-22(35-43-25)15-6-7-15/h10-16,19-21,26H,4-9H2,1-3H3,(H2,28,31,33,34)/t19-,20+,21-,26-/m1/s1. The van der Waals surface area contributed by atoms with Crippen molar-refractivity contribution in [3.05, 3.63) is 36.3 Å². The normalized spacial score (nSPS) is 21.8. The number of nitrogens with one attached hydrogen (secondary N) is 2. The zero-order valence-electron chi connectivity index (χ0n) is 24.1. The van der Waals surface area contributed by atoms with Gasteiger partial charge in [-0.1, -0.05) is 19.0 Å². The average Bonchev–Trinajstić information content (AvgIpc) is 3.30. The van der Waals surface area contributed by atoms with Crippen molar-refractivity contribution in [3.63, 3.8) is 0 Å². The van der Waals surface area contributed by atoms with Crippen LogP contribution < -0.4 is 10.6 Å². The fraction of sp³-hybridized carbons (Fsp3) is 0.556. The van der Waals surface area contributed by atoms with Crippen LogP contribution in [0.2, 0.25) is 0 Å². The van der Waals surface area contributed by atoms with Crippen LogP contribution in [-0.2, 0) is 37.3 Å². The Kier molecular flexibility index (Phi) is 8.18. The van der Waals surface area contributed by atoms with Crippen LogP contribution in [0, 0.1) is 0 Å². The molecule has 43 heavy (non-hydrogen) atoms. The van der Waals surface area contributed by atoms with Gasteiger partial charge < -0.3 is 33.9 Å². The fourth-order valence-corrected chi connectivity index (χ4v) is 5.22. The van der Waals surface area contributed by atoms with Crippen molar-refractivity contribution < 1.29 is 28.3 Å². The summed E-state index contributed by atoms with van der Waals surface area (Å²) in [4.78, 5) is 46.1. The number of carbonyl (C=O) groups excluding carboxylic acids is 2. The number of fused-ring (bicyclic) bond motifs is 1. The molecule has 0 aromatic carbocycles. The predicted molar refractivity (Wildman–Crippen MR) is 150 cm³/mol. The van der Waals surface area contributed by atoms with Gasteiger partial charge in [-0.05, 0) is 25.7 Å². The van der Waals surface area contributed by atoms with Gasteiger partial charge in [-0.3, -0.25) is 14.2 Å². The highest BCUT2D eigenvalue weighted by atomic mass is 16.6. The van der Waals surface area contributed by atoms with Gasteiger partial charge in [-0.25, -0.2) is 9.97 Å². The molecule has 4 aromatic heterocycles. The van der Waals surface area contributed by atoms with Gasteiger partial charge in [0.25, 0.3) is 18.8 Å². The molecule has 0 unspecified atom stereocenters. The molecule has 16 nitrogen and oxygen atoms in total. The van der Waals surface area contributed by atoms with Gasteiger partial charge >= 0.3 is 0 Å². The van der Waals surface area contributed by atoms with E-state index >= 15 is 0 Å². The van der Waals surface area contributed by atoms with E-state index in [4.69, 9.17) is 28.7 Å². The Morgan fingerprint density at radius 1 is 1.07 bits per heavy atom. The minimum atomic E-state index is -1.06. The first kappa shape index (κ1) is 28.5. The molecule has 0 bridgehead atoms. The molecule has 2 fully saturated rings. The van der Waals surface area contributed by atoms with Gasteiger partial charge in [0.15, 0.2) is 47.3 Å². The SMILES string of the molecule is CCC(CC)Nc1nc(NCCc2cn(C)cn2)nc2c1ncn2[C@@H]1O[C@H](c2nc(C3CC3)no2)[C@@H](OC=O)[C@H]1OC=O. The lowest BCUT2D eigenvalue weighted by Gasteiger charge is -2.21. The lowest BCUT2D eigenvalue weighted by molar-refractivity contribution is -0.151. The van der Waals surface area contributed by atoms with E-state index in [0.29, 0.717) is 41.7 Å². The molecule has 0 amide bonds. The van der Waals surface area contributed by atoms with E-state index < -0.39 is 24.5 Å². The zero-order valence-corrected chi connectivity index (χ0v) is 24.1. The highest BCUT2D eigenvalue weighted by molar-refractivity contribution is 5.84. The summed E-state index contributed by atoms with van der Waals surface area (Å²) < 4.78 is 26.2. The van der Waals surface area contributed by atoms with E-state index in [1.807, 2.05) is 17.8 Å². The molecule has 228 valence electrons. The van der Waals surface area contributed by atoms with Gasteiger partial charge in [-0.2, -0.15) is 15.0 Å². The van der Waals surface area contributed by atoms with Crippen LogP contribution in [0.25, 0.3) is 11.2 Å². The monoisotopic (exact) mass is 594 g/mol. The third-order valence-electron chi connectivity index (χ3n) is 7.70. The van der Waals surface area contributed by atoms with E-state index in [9.17, 15) is 9.59 Å². The second kappa shape index (κ2) is 12.3. The molecule has 2 aliphatic rings. The predicted octanol–water partition coefficient (Wildman–Crippen LogP) is 2.43. The van der Waals surface area contributed by atoms with Crippen LogP contribution in [0.1, 0.15) is 75.2 Å². The van der Waals surface area contributed by atoms with Gasteiger partial charge in [0.1, 0.15) is 0 Å². The van der Waals surface area contributed by atoms with Crippen molar-refractivity contribution in [1.82, 2.24) is 39.2 Å². The van der Waals surface area contributed by atoms with Crippen LogP contribution in [-0.4, -0.2) is 76.9 Å². The Bertz CT molecular complexity index is 1560. The van der Waals surface area contributed by atoms with Crippen LogP contribution in [0.3, 0.4) is 0 Å². The Hall–Kier alpha value is -4.60. The molecule has 4 atom stereocenters. The van der Waals surface area contributed by atoms with Crippen molar-refractivity contribution >= 4 is 35.9 Å². The first-order chi connectivity index (χ1) is 21.0. The number of imidazole rings is 2. The molecule has 6 rings (SSSR count). The number of rotatable bonds is 15. The smallest absolute Gasteiger partial charge is 0.293 e. The summed E-state index contributed by atoms with van der Waals surface area (Å²) in [6.45, 7) is 5.29. The highest BCUT2D eigenvalue weighted by Crippen LogP contribution is 2.44. The molecular weight excluding hydrogens is 560 g/mol. The Labute approximate surface area is 246 Å². The topological polar surface area (TPSA) is 186 Å². The van der Waals surface area contributed by atoms with Gasteiger partial charge in [0.2, 0.25) is 5.95 Å². The molecule has 16 heteroatoms. The van der Waals surface area contributed by atoms with Crippen molar-refractivity contribution in [2.45, 2.75) is 82.5 Å². The summed E-state index contributed by atoms with van der Waals surface area (Å²) in [6.07, 6.45) is 5.52. The molecular formula is C27H34N10O6. The zero-order chi connectivity index (χ0) is 29.9. The summed E-state index contributed by atoms with van der Waals surface area (Å²) in [5.41, 5.74) is 1.85. The van der Waals surface area contributed by atoms with Crippen LogP contribution >= 0.6 is 0 Å².